The predicted octanol–water partition coefficient (Wildman–Crippen LogP) is 7.27. The molecule has 0 spiro atoms. The minimum Gasteiger partial charge on any atom is -0.598 e. The number of unbranched alkanes of at least 4 members (excludes halogenated alkanes) is 1. The minimum atomic E-state index is -3.38. The first-order valence-electron chi connectivity index (χ1n) is 17.7. The number of amides is 1. The number of rotatable bonds is 17. The lowest BCUT2D eigenvalue weighted by Gasteiger charge is -2.48. The zero-order valence-corrected chi connectivity index (χ0v) is 32.5. The number of carbonyl (C=O) groups is 1. The van der Waals surface area contributed by atoms with Crippen LogP contribution >= 0.6 is 0 Å². The average molecular weight is 718 g/mol. The molecule has 9 nitrogen and oxygen atoms in total. The SMILES string of the molecule is CC[C@@H](CC(C)(C)[Si](O)(c1ccccc1)c1ccccc1)[C@@]1(C)OC(=O)N(CCCCN=[N+]=[N-])[C@@H]1[C@@H](Cc1ccccc1)N[S@@+]([O-])C(C)(C)C. The van der Waals surface area contributed by atoms with Gasteiger partial charge in [0.25, 0.3) is 8.32 Å². The van der Waals surface area contributed by atoms with Gasteiger partial charge in [0, 0.05) is 35.3 Å². The monoisotopic (exact) mass is 717 g/mol. The second-order valence-corrected chi connectivity index (χ2v) is 21.2. The van der Waals surface area contributed by atoms with Crippen molar-refractivity contribution >= 4 is 36.1 Å². The van der Waals surface area contributed by atoms with E-state index in [1.165, 1.54) is 0 Å². The molecule has 3 aromatic carbocycles. The Morgan fingerprint density at radius 1 is 1.00 bits per heavy atom. The van der Waals surface area contributed by atoms with Gasteiger partial charge in [0.2, 0.25) is 0 Å². The van der Waals surface area contributed by atoms with Crippen LogP contribution in [0.4, 0.5) is 4.79 Å². The molecule has 0 bridgehead atoms. The van der Waals surface area contributed by atoms with E-state index in [2.05, 4.69) is 47.7 Å². The summed E-state index contributed by atoms with van der Waals surface area (Å²) in [5.41, 5.74) is 8.86. The molecule has 11 heteroatoms. The van der Waals surface area contributed by atoms with E-state index in [0.717, 1.165) is 15.9 Å². The van der Waals surface area contributed by atoms with Gasteiger partial charge in [0.15, 0.2) is 0 Å². The number of hydrogen-bond acceptors (Lipinski definition) is 6. The lowest BCUT2D eigenvalue weighted by atomic mass is 9.73. The highest BCUT2D eigenvalue weighted by molar-refractivity contribution is 7.90. The van der Waals surface area contributed by atoms with E-state index in [0.29, 0.717) is 45.2 Å². The van der Waals surface area contributed by atoms with E-state index in [1.807, 2.05) is 111 Å². The van der Waals surface area contributed by atoms with Crippen molar-refractivity contribution in [2.45, 2.75) is 108 Å². The highest BCUT2D eigenvalue weighted by atomic mass is 32.2. The van der Waals surface area contributed by atoms with E-state index >= 15 is 0 Å². The Morgan fingerprint density at radius 3 is 2.04 bits per heavy atom. The summed E-state index contributed by atoms with van der Waals surface area (Å²) < 4.78 is 23.3. The van der Waals surface area contributed by atoms with Crippen LogP contribution in [-0.4, -0.2) is 64.2 Å². The molecule has 1 heterocycles. The van der Waals surface area contributed by atoms with Crippen LogP contribution in [0.2, 0.25) is 5.04 Å². The smallest absolute Gasteiger partial charge is 0.410 e. The number of hydrogen-bond donors (Lipinski definition) is 2. The molecule has 4 rings (SSSR count). The van der Waals surface area contributed by atoms with Gasteiger partial charge in [-0.3, -0.25) is 4.90 Å². The van der Waals surface area contributed by atoms with Gasteiger partial charge in [0.1, 0.15) is 10.3 Å². The molecule has 270 valence electrons. The van der Waals surface area contributed by atoms with Crippen LogP contribution in [0.1, 0.15) is 79.7 Å². The van der Waals surface area contributed by atoms with Crippen molar-refractivity contribution in [3.8, 4) is 0 Å². The standard InChI is InChI=1S/C39H55N5O4SSi/c1-8-31(29-38(5,6)50(47,32-22-14-10-15-23-32)33-24-16-11-17-25-33)39(7)35(44(36(45)48-39)27-19-18-26-41-43-40)34(42-49(46)37(2,3)4)28-30-20-12-9-13-21-30/h9-17,20-25,31,34-35,42,47H,8,18-19,26-29H2,1-7H3/t31-,34+,35+,39+,49-/m0/s1. The van der Waals surface area contributed by atoms with Crippen LogP contribution in [0.5, 0.6) is 0 Å². The van der Waals surface area contributed by atoms with Crippen LogP contribution in [0.3, 0.4) is 0 Å². The maximum atomic E-state index is 14.1. The van der Waals surface area contributed by atoms with E-state index < -0.39 is 53.2 Å². The number of ether oxygens (including phenoxy) is 1. The number of nitrogens with zero attached hydrogens (tertiary/aromatic N) is 4. The van der Waals surface area contributed by atoms with Crippen molar-refractivity contribution in [3.05, 3.63) is 107 Å². The number of benzene rings is 3. The van der Waals surface area contributed by atoms with Gasteiger partial charge >= 0.3 is 6.09 Å². The first kappa shape index (κ1) is 39.5. The maximum absolute atomic E-state index is 14.1. The van der Waals surface area contributed by atoms with Crippen molar-refractivity contribution < 1.29 is 18.9 Å². The van der Waals surface area contributed by atoms with Crippen molar-refractivity contribution in [2.24, 2.45) is 11.0 Å². The fourth-order valence-corrected chi connectivity index (χ4v) is 12.3. The molecule has 50 heavy (non-hydrogen) atoms. The molecule has 1 aliphatic heterocycles. The van der Waals surface area contributed by atoms with Crippen LogP contribution in [0.25, 0.3) is 10.4 Å². The fourth-order valence-electron chi connectivity index (χ4n) is 7.63. The number of carbonyl (C=O) groups excluding carboxylic acids is 1. The maximum Gasteiger partial charge on any atom is 0.410 e. The molecule has 1 saturated heterocycles. The van der Waals surface area contributed by atoms with Gasteiger partial charge in [-0.25, -0.2) is 4.79 Å². The van der Waals surface area contributed by atoms with Gasteiger partial charge in [-0.1, -0.05) is 117 Å². The molecule has 0 aromatic heterocycles. The van der Waals surface area contributed by atoms with Gasteiger partial charge in [-0.15, -0.1) is 4.72 Å². The number of cyclic esters (lactones) is 1. The van der Waals surface area contributed by atoms with E-state index in [-0.39, 0.29) is 5.92 Å². The lowest BCUT2D eigenvalue weighted by Crippen LogP contribution is -2.67. The molecular formula is C39H55N5O4SSi. The Morgan fingerprint density at radius 2 is 1.54 bits per heavy atom. The Balaban J connectivity index is 1.82. The summed E-state index contributed by atoms with van der Waals surface area (Å²) in [6.45, 7) is 15.0. The fraction of sp³-hybridized carbons (Fsp3) is 0.513. The minimum absolute atomic E-state index is 0.158. The quantitative estimate of drug-likeness (QED) is 0.0379. The van der Waals surface area contributed by atoms with Crippen LogP contribution < -0.4 is 15.1 Å². The molecule has 0 saturated carbocycles. The highest BCUT2D eigenvalue weighted by Crippen LogP contribution is 2.49. The first-order chi connectivity index (χ1) is 23.7. The molecule has 1 fully saturated rings. The predicted molar refractivity (Wildman–Crippen MR) is 206 cm³/mol. The zero-order chi connectivity index (χ0) is 36.6. The molecule has 0 aliphatic carbocycles. The third-order valence-corrected chi connectivity index (χ3v) is 16.5. The van der Waals surface area contributed by atoms with Gasteiger partial charge in [0.05, 0.1) is 12.1 Å². The molecule has 2 N–H and O–H groups in total. The summed E-state index contributed by atoms with van der Waals surface area (Å²) >= 11 is -1.44. The average Bonchev–Trinajstić information content (AvgIpc) is 3.36. The van der Waals surface area contributed by atoms with Crippen LogP contribution in [0, 0.1) is 5.92 Å². The summed E-state index contributed by atoms with van der Waals surface area (Å²) in [4.78, 5) is 31.8. The van der Waals surface area contributed by atoms with Crippen molar-refractivity contribution in [3.63, 3.8) is 0 Å². The second kappa shape index (κ2) is 16.8. The van der Waals surface area contributed by atoms with Crippen LogP contribution in [-0.2, 0) is 22.5 Å². The van der Waals surface area contributed by atoms with Crippen molar-refractivity contribution in [1.29, 1.82) is 0 Å². The highest BCUT2D eigenvalue weighted by Gasteiger charge is 2.60. The zero-order valence-electron chi connectivity index (χ0n) is 30.7. The van der Waals surface area contributed by atoms with Crippen molar-refractivity contribution in [2.75, 3.05) is 13.1 Å². The molecule has 1 aliphatic rings. The first-order valence-corrected chi connectivity index (χ1v) is 20.8. The lowest BCUT2D eigenvalue weighted by molar-refractivity contribution is -0.0198. The van der Waals surface area contributed by atoms with E-state index in [4.69, 9.17) is 10.3 Å². The van der Waals surface area contributed by atoms with E-state index in [9.17, 15) is 14.1 Å². The van der Waals surface area contributed by atoms with E-state index in [1.54, 1.807) is 0 Å². The summed E-state index contributed by atoms with van der Waals surface area (Å²) in [7, 11) is -3.38. The third kappa shape index (κ3) is 8.76. The van der Waals surface area contributed by atoms with Crippen molar-refractivity contribution in [1.82, 2.24) is 9.62 Å². The summed E-state index contributed by atoms with van der Waals surface area (Å²) in [6.07, 6.45) is 2.65. The van der Waals surface area contributed by atoms with Gasteiger partial charge < -0.3 is 14.1 Å². The van der Waals surface area contributed by atoms with Crippen LogP contribution in [0.15, 0.2) is 96.1 Å². The van der Waals surface area contributed by atoms with Gasteiger partial charge in [-0.2, -0.15) is 0 Å². The molecular weight excluding hydrogens is 663 g/mol. The molecule has 0 radical (unpaired) electrons. The Kier molecular flexibility index (Phi) is 13.3. The molecule has 3 aromatic rings. The number of azide groups is 1. The molecule has 1 amide bonds. The number of nitrogens with one attached hydrogen (secondary N) is 1. The van der Waals surface area contributed by atoms with Gasteiger partial charge in [-0.05, 0) is 86.3 Å². The third-order valence-electron chi connectivity index (χ3n) is 10.4. The Bertz CT molecular complexity index is 1530. The normalized spacial score (nSPS) is 20.1. The summed E-state index contributed by atoms with van der Waals surface area (Å²) in [5, 5.41) is 4.97. The molecule has 0 unspecified atom stereocenters. The Labute approximate surface area is 302 Å². The Hall–Kier alpha value is -3.31. The second-order valence-electron chi connectivity index (χ2n) is 15.3. The summed E-state index contributed by atoms with van der Waals surface area (Å²) in [6, 6.07) is 29.2. The largest absolute Gasteiger partial charge is 0.598 e. The topological polar surface area (TPSA) is 134 Å². The summed E-state index contributed by atoms with van der Waals surface area (Å²) in [5.74, 6) is -0.158. The molecule has 5 atom stereocenters.